The summed E-state index contributed by atoms with van der Waals surface area (Å²) in [5.74, 6) is 0.617. The first-order valence-corrected chi connectivity index (χ1v) is 6.46. The van der Waals surface area contributed by atoms with Crippen molar-refractivity contribution in [1.29, 1.82) is 0 Å². The number of benzene rings is 1. The van der Waals surface area contributed by atoms with Crippen LogP contribution in [0.15, 0.2) is 18.2 Å². The molecule has 0 saturated carbocycles. The van der Waals surface area contributed by atoms with Crippen molar-refractivity contribution in [2.75, 3.05) is 20.7 Å². The molecule has 19 heavy (non-hydrogen) atoms. The average Bonchev–Trinajstić information content (AvgIpc) is 2.27. The first-order chi connectivity index (χ1) is 8.74. The van der Waals surface area contributed by atoms with E-state index in [0.29, 0.717) is 18.8 Å². The molecule has 0 spiro atoms. The maximum Gasteiger partial charge on any atom is 0.160 e. The van der Waals surface area contributed by atoms with E-state index in [2.05, 4.69) is 0 Å². The van der Waals surface area contributed by atoms with E-state index in [1.165, 1.54) is 7.11 Å². The molecule has 1 unspecified atom stereocenters. The van der Waals surface area contributed by atoms with Gasteiger partial charge in [0.1, 0.15) is 0 Å². The van der Waals surface area contributed by atoms with E-state index in [1.807, 2.05) is 38.8 Å². The van der Waals surface area contributed by atoms with Crippen LogP contribution in [0.4, 0.5) is 0 Å². The Kier molecular flexibility index (Phi) is 5.20. The van der Waals surface area contributed by atoms with E-state index in [0.717, 1.165) is 5.56 Å². The van der Waals surface area contributed by atoms with Gasteiger partial charge in [0.15, 0.2) is 11.5 Å². The Balaban J connectivity index is 2.62. The van der Waals surface area contributed by atoms with Crippen LogP contribution in [-0.2, 0) is 6.54 Å². The number of aliphatic hydroxyl groups excluding tert-OH is 1. The maximum absolute atomic E-state index is 10.1. The molecule has 1 aromatic carbocycles. The number of hydrogen-bond acceptors (Lipinski definition) is 4. The molecule has 0 saturated heterocycles. The maximum atomic E-state index is 10.1. The summed E-state index contributed by atoms with van der Waals surface area (Å²) >= 11 is 0. The van der Waals surface area contributed by atoms with Gasteiger partial charge in [0.2, 0.25) is 0 Å². The molecule has 1 atom stereocenters. The van der Waals surface area contributed by atoms with Gasteiger partial charge in [0.25, 0.3) is 0 Å². The molecular formula is C15H25NO3. The lowest BCUT2D eigenvalue weighted by molar-refractivity contribution is 0.0333. The summed E-state index contributed by atoms with van der Waals surface area (Å²) in [7, 11) is 3.48. The van der Waals surface area contributed by atoms with Crippen LogP contribution in [0.2, 0.25) is 0 Å². The monoisotopic (exact) mass is 267 g/mol. The van der Waals surface area contributed by atoms with Crippen LogP contribution in [0.25, 0.3) is 0 Å². The van der Waals surface area contributed by atoms with Crippen molar-refractivity contribution in [3.63, 3.8) is 0 Å². The van der Waals surface area contributed by atoms with Crippen molar-refractivity contribution in [3.8, 4) is 11.5 Å². The van der Waals surface area contributed by atoms with Crippen molar-refractivity contribution >= 4 is 0 Å². The molecule has 1 aromatic rings. The fourth-order valence-corrected chi connectivity index (χ4v) is 1.78. The molecule has 0 heterocycles. The van der Waals surface area contributed by atoms with Crippen molar-refractivity contribution in [1.82, 2.24) is 4.90 Å². The Hall–Kier alpha value is -1.26. The fourth-order valence-electron chi connectivity index (χ4n) is 1.78. The number of rotatable bonds is 5. The standard InChI is InChI=1S/C15H25NO3/c1-15(2,3)14(18)10-16(4)9-11-6-7-13(19-5)12(17)8-11/h6-8,14,17-18H,9-10H2,1-5H3. The molecular weight excluding hydrogens is 242 g/mol. The third-order valence-corrected chi connectivity index (χ3v) is 3.18. The number of hydrogen-bond donors (Lipinski definition) is 2. The third-order valence-electron chi connectivity index (χ3n) is 3.18. The molecule has 2 N–H and O–H groups in total. The number of aliphatic hydroxyl groups is 1. The Labute approximate surface area is 115 Å². The molecule has 0 bridgehead atoms. The van der Waals surface area contributed by atoms with E-state index in [9.17, 15) is 10.2 Å². The highest BCUT2D eigenvalue weighted by atomic mass is 16.5. The number of aromatic hydroxyl groups is 1. The lowest BCUT2D eigenvalue weighted by Gasteiger charge is -2.30. The van der Waals surface area contributed by atoms with Crippen LogP contribution in [0.5, 0.6) is 11.5 Å². The van der Waals surface area contributed by atoms with Crippen LogP contribution in [-0.4, -0.2) is 41.9 Å². The second kappa shape index (κ2) is 6.26. The lowest BCUT2D eigenvalue weighted by Crippen LogP contribution is -2.37. The molecule has 108 valence electrons. The zero-order chi connectivity index (χ0) is 14.6. The van der Waals surface area contributed by atoms with Gasteiger partial charge in [-0.2, -0.15) is 0 Å². The highest BCUT2D eigenvalue weighted by Crippen LogP contribution is 2.27. The van der Waals surface area contributed by atoms with Gasteiger partial charge in [-0.3, -0.25) is 4.90 Å². The topological polar surface area (TPSA) is 52.9 Å². The molecule has 0 aromatic heterocycles. The van der Waals surface area contributed by atoms with E-state index in [-0.39, 0.29) is 17.3 Å². The quantitative estimate of drug-likeness (QED) is 0.859. The number of phenolic OH excluding ortho intramolecular Hbond substituents is 1. The number of ether oxygens (including phenoxy) is 1. The summed E-state index contributed by atoms with van der Waals surface area (Å²) in [6, 6.07) is 5.36. The minimum Gasteiger partial charge on any atom is -0.504 e. The summed E-state index contributed by atoms with van der Waals surface area (Å²) in [6.45, 7) is 7.32. The Bertz CT molecular complexity index is 412. The highest BCUT2D eigenvalue weighted by Gasteiger charge is 2.23. The van der Waals surface area contributed by atoms with Gasteiger partial charge in [-0.15, -0.1) is 0 Å². The predicted octanol–water partition coefficient (Wildman–Crippen LogP) is 2.24. The van der Waals surface area contributed by atoms with Crippen molar-refractivity contribution in [2.24, 2.45) is 5.41 Å². The Morgan fingerprint density at radius 1 is 1.32 bits per heavy atom. The van der Waals surface area contributed by atoms with Crippen LogP contribution in [0.1, 0.15) is 26.3 Å². The lowest BCUT2D eigenvalue weighted by atomic mass is 9.89. The SMILES string of the molecule is COc1ccc(CN(C)CC(O)C(C)(C)C)cc1O. The molecule has 0 aliphatic carbocycles. The van der Waals surface area contributed by atoms with Gasteiger partial charge < -0.3 is 14.9 Å². The summed E-state index contributed by atoms with van der Waals surface area (Å²) in [5, 5.41) is 19.8. The molecule has 4 heteroatoms. The first kappa shape index (κ1) is 15.8. The van der Waals surface area contributed by atoms with Crippen LogP contribution >= 0.6 is 0 Å². The molecule has 1 rings (SSSR count). The van der Waals surface area contributed by atoms with Crippen LogP contribution in [0.3, 0.4) is 0 Å². The first-order valence-electron chi connectivity index (χ1n) is 6.46. The third kappa shape index (κ3) is 4.73. The predicted molar refractivity (Wildman–Crippen MR) is 76.5 cm³/mol. The fraction of sp³-hybridized carbons (Fsp3) is 0.600. The van der Waals surface area contributed by atoms with Gasteiger partial charge in [0, 0.05) is 13.1 Å². The van der Waals surface area contributed by atoms with Gasteiger partial charge >= 0.3 is 0 Å². The van der Waals surface area contributed by atoms with Gasteiger partial charge in [-0.05, 0) is 30.2 Å². The Morgan fingerprint density at radius 2 is 1.95 bits per heavy atom. The summed E-state index contributed by atoms with van der Waals surface area (Å²) in [5.41, 5.74) is 0.859. The van der Waals surface area contributed by atoms with E-state index in [4.69, 9.17) is 4.74 Å². The van der Waals surface area contributed by atoms with Gasteiger partial charge in [-0.25, -0.2) is 0 Å². The van der Waals surface area contributed by atoms with E-state index in [1.54, 1.807) is 12.1 Å². The van der Waals surface area contributed by atoms with Gasteiger partial charge in [0.05, 0.1) is 13.2 Å². The molecule has 4 nitrogen and oxygen atoms in total. The van der Waals surface area contributed by atoms with Crippen LogP contribution < -0.4 is 4.74 Å². The van der Waals surface area contributed by atoms with Crippen molar-refractivity contribution in [2.45, 2.75) is 33.4 Å². The molecule has 0 radical (unpaired) electrons. The van der Waals surface area contributed by atoms with Crippen LogP contribution in [0, 0.1) is 5.41 Å². The number of methoxy groups -OCH3 is 1. The van der Waals surface area contributed by atoms with Gasteiger partial charge in [-0.1, -0.05) is 26.8 Å². The zero-order valence-electron chi connectivity index (χ0n) is 12.5. The average molecular weight is 267 g/mol. The molecule has 0 fully saturated rings. The van der Waals surface area contributed by atoms with Crippen molar-refractivity contribution in [3.05, 3.63) is 23.8 Å². The summed E-state index contributed by atoms with van der Waals surface area (Å²) in [4.78, 5) is 2.04. The normalized spacial score (nSPS) is 13.6. The van der Waals surface area contributed by atoms with E-state index >= 15 is 0 Å². The Morgan fingerprint density at radius 3 is 2.42 bits per heavy atom. The summed E-state index contributed by atoms with van der Waals surface area (Å²) < 4.78 is 5.01. The second-order valence-corrected chi connectivity index (χ2v) is 6.08. The van der Waals surface area contributed by atoms with Crippen molar-refractivity contribution < 1.29 is 14.9 Å². The molecule has 0 amide bonds. The minimum atomic E-state index is -0.385. The summed E-state index contributed by atoms with van der Waals surface area (Å²) in [6.07, 6.45) is -0.385. The smallest absolute Gasteiger partial charge is 0.160 e. The number of likely N-dealkylation sites (N-methyl/N-ethyl adjacent to an activating group) is 1. The molecule has 0 aliphatic rings. The number of phenols is 1. The highest BCUT2D eigenvalue weighted by molar-refractivity contribution is 5.41. The minimum absolute atomic E-state index is 0.129. The second-order valence-electron chi connectivity index (χ2n) is 6.08. The zero-order valence-corrected chi connectivity index (χ0v) is 12.5. The number of nitrogens with zero attached hydrogens (tertiary/aromatic N) is 1. The molecule has 0 aliphatic heterocycles. The van der Waals surface area contributed by atoms with E-state index < -0.39 is 0 Å². The largest absolute Gasteiger partial charge is 0.504 e.